The number of nitrogens with one attached hydrogen (secondary N) is 2. The highest BCUT2D eigenvalue weighted by Crippen LogP contribution is 2.37. The number of sulfonamides is 1. The molecule has 0 fully saturated rings. The molecule has 164 valence electrons. The number of hydrogen-bond acceptors (Lipinski definition) is 5. The highest BCUT2D eigenvalue weighted by molar-refractivity contribution is 7.89. The maximum Gasteiger partial charge on any atom is 0.241 e. The summed E-state index contributed by atoms with van der Waals surface area (Å²) in [5, 5.41) is 12.7. The van der Waals surface area contributed by atoms with Crippen LogP contribution in [0.3, 0.4) is 0 Å². The first-order chi connectivity index (χ1) is 14.9. The second-order valence-corrected chi connectivity index (χ2v) is 9.04. The molecule has 0 aliphatic rings. The molecule has 0 unspecified atom stereocenters. The van der Waals surface area contributed by atoms with Crippen molar-refractivity contribution in [3.8, 4) is 11.5 Å². The molecule has 0 saturated carbocycles. The van der Waals surface area contributed by atoms with Crippen LogP contribution >= 0.6 is 11.6 Å². The third kappa shape index (κ3) is 6.62. The lowest BCUT2D eigenvalue weighted by atomic mass is 10.1. The van der Waals surface area contributed by atoms with Gasteiger partial charge in [-0.25, -0.2) is 13.6 Å². The maximum absolute atomic E-state index is 12.4. The van der Waals surface area contributed by atoms with Crippen LogP contribution in [0.2, 0.25) is 5.02 Å². The van der Waals surface area contributed by atoms with Gasteiger partial charge >= 0.3 is 0 Å². The van der Waals surface area contributed by atoms with E-state index < -0.39 is 10.0 Å². The van der Waals surface area contributed by atoms with E-state index in [4.69, 9.17) is 21.5 Å². The van der Waals surface area contributed by atoms with Gasteiger partial charge in [-0.3, -0.25) is 0 Å². The lowest BCUT2D eigenvalue weighted by Crippen LogP contribution is -2.16. The first-order valence-electron chi connectivity index (χ1n) is 10.0. The van der Waals surface area contributed by atoms with E-state index >= 15 is 0 Å². The molecular formula is C23H26ClN3O3S. The van der Waals surface area contributed by atoms with Crippen LogP contribution in [0.15, 0.2) is 71.6 Å². The molecule has 6 nitrogen and oxygen atoms in total. The van der Waals surface area contributed by atoms with Crippen LogP contribution in [0.5, 0.6) is 11.5 Å². The van der Waals surface area contributed by atoms with E-state index in [0.29, 0.717) is 29.5 Å². The van der Waals surface area contributed by atoms with Crippen molar-refractivity contribution >= 4 is 33.0 Å². The summed E-state index contributed by atoms with van der Waals surface area (Å²) in [6.07, 6.45) is 1.93. The number of unbranched alkanes of at least 4 members (excludes halogenated alkanes) is 1. The first-order valence-corrected chi connectivity index (χ1v) is 11.9. The van der Waals surface area contributed by atoms with Crippen molar-refractivity contribution in [3.63, 3.8) is 0 Å². The van der Waals surface area contributed by atoms with Gasteiger partial charge in [0.15, 0.2) is 5.75 Å². The summed E-state index contributed by atoms with van der Waals surface area (Å²) in [6, 6.07) is 19.8. The molecule has 3 rings (SSSR count). The normalized spacial score (nSPS) is 11.2. The van der Waals surface area contributed by atoms with Gasteiger partial charge in [-0.15, -0.1) is 0 Å². The number of hydrogen-bond donors (Lipinski definition) is 3. The summed E-state index contributed by atoms with van der Waals surface area (Å²) in [4.78, 5) is -0.0688. The quantitative estimate of drug-likeness (QED) is 0.343. The topological polar surface area (TPSA) is 93.5 Å². The van der Waals surface area contributed by atoms with Crippen LogP contribution in [0.4, 0.5) is 11.4 Å². The molecule has 8 heteroatoms. The van der Waals surface area contributed by atoms with Crippen molar-refractivity contribution in [2.24, 2.45) is 5.14 Å². The van der Waals surface area contributed by atoms with Gasteiger partial charge in [-0.05, 0) is 54.4 Å². The lowest BCUT2D eigenvalue weighted by molar-refractivity contribution is 0.469. The van der Waals surface area contributed by atoms with Gasteiger partial charge in [0.25, 0.3) is 0 Å². The average Bonchev–Trinajstić information content (AvgIpc) is 2.73. The Morgan fingerprint density at radius 3 is 2.45 bits per heavy atom. The largest absolute Gasteiger partial charge is 0.454 e. The van der Waals surface area contributed by atoms with E-state index in [1.54, 1.807) is 24.3 Å². The fraction of sp³-hybridized carbons (Fsp3) is 0.217. The summed E-state index contributed by atoms with van der Waals surface area (Å²) in [7, 11) is -4.03. The van der Waals surface area contributed by atoms with Crippen LogP contribution in [-0.4, -0.2) is 15.0 Å². The number of halogens is 1. The zero-order valence-electron chi connectivity index (χ0n) is 17.3. The van der Waals surface area contributed by atoms with E-state index in [-0.39, 0.29) is 10.6 Å². The Morgan fingerprint density at radius 2 is 1.77 bits per heavy atom. The Kier molecular flexibility index (Phi) is 7.79. The standard InChI is InChI=1S/C23H26ClN3O3S/c1-2-3-12-26-21-13-17(16-27-19-9-7-8-18(24)15-19)14-22(31(25,28)29)23(21)30-20-10-5-4-6-11-20/h4-11,13-15,26-27H,2-3,12,16H2,1H3,(H2,25,28,29). The zero-order chi connectivity index (χ0) is 22.3. The minimum absolute atomic E-state index is 0.0688. The molecule has 0 amide bonds. The van der Waals surface area contributed by atoms with Crippen molar-refractivity contribution in [1.82, 2.24) is 0 Å². The van der Waals surface area contributed by atoms with Gasteiger partial charge in [0.2, 0.25) is 10.0 Å². The Balaban J connectivity index is 1.99. The van der Waals surface area contributed by atoms with E-state index in [0.717, 1.165) is 24.1 Å². The third-order valence-corrected chi connectivity index (χ3v) is 5.70. The van der Waals surface area contributed by atoms with Gasteiger partial charge in [0.1, 0.15) is 10.6 Å². The second-order valence-electron chi connectivity index (χ2n) is 7.07. The monoisotopic (exact) mass is 459 g/mol. The van der Waals surface area contributed by atoms with Crippen molar-refractivity contribution in [1.29, 1.82) is 0 Å². The number of primary sulfonamides is 1. The molecule has 3 aromatic rings. The Bertz CT molecular complexity index is 1120. The second kappa shape index (κ2) is 10.5. The minimum Gasteiger partial charge on any atom is -0.454 e. The van der Waals surface area contributed by atoms with Gasteiger partial charge in [-0.1, -0.05) is 49.2 Å². The number of ether oxygens (including phenoxy) is 1. The molecule has 4 N–H and O–H groups in total. The zero-order valence-corrected chi connectivity index (χ0v) is 18.8. The number of para-hydroxylation sites is 1. The van der Waals surface area contributed by atoms with Crippen molar-refractivity contribution in [2.45, 2.75) is 31.2 Å². The first kappa shape index (κ1) is 22.9. The molecule has 0 saturated heterocycles. The fourth-order valence-corrected chi connectivity index (χ4v) is 3.93. The van der Waals surface area contributed by atoms with Crippen LogP contribution in [0.1, 0.15) is 25.3 Å². The summed E-state index contributed by atoms with van der Waals surface area (Å²) in [5.41, 5.74) is 2.14. The average molecular weight is 460 g/mol. The van der Waals surface area contributed by atoms with E-state index in [1.165, 1.54) is 6.07 Å². The van der Waals surface area contributed by atoms with Gasteiger partial charge < -0.3 is 15.4 Å². The summed E-state index contributed by atoms with van der Waals surface area (Å²) in [6.45, 7) is 3.15. The Labute approximate surface area is 188 Å². The van der Waals surface area contributed by atoms with E-state index in [9.17, 15) is 8.42 Å². The molecule has 0 aromatic heterocycles. The molecule has 0 bridgehead atoms. The molecule has 0 aliphatic heterocycles. The maximum atomic E-state index is 12.4. The van der Waals surface area contributed by atoms with Crippen LogP contribution < -0.4 is 20.5 Å². The molecule has 31 heavy (non-hydrogen) atoms. The Morgan fingerprint density at radius 1 is 1.00 bits per heavy atom. The van der Waals surface area contributed by atoms with Crippen LogP contribution in [0.25, 0.3) is 0 Å². The smallest absolute Gasteiger partial charge is 0.241 e. The van der Waals surface area contributed by atoms with Gasteiger partial charge in [0.05, 0.1) is 5.69 Å². The molecule has 0 aliphatic carbocycles. The lowest BCUT2D eigenvalue weighted by Gasteiger charge is -2.18. The number of anilines is 2. The van der Waals surface area contributed by atoms with Crippen molar-refractivity contribution in [3.05, 3.63) is 77.3 Å². The highest BCUT2D eigenvalue weighted by Gasteiger charge is 2.21. The van der Waals surface area contributed by atoms with E-state index in [1.807, 2.05) is 36.4 Å². The predicted octanol–water partition coefficient (Wildman–Crippen LogP) is 5.60. The molecular weight excluding hydrogens is 434 g/mol. The summed E-state index contributed by atoms with van der Waals surface area (Å²) < 4.78 is 30.8. The Hall–Kier alpha value is -2.74. The third-order valence-electron chi connectivity index (χ3n) is 4.55. The molecule has 0 atom stereocenters. The van der Waals surface area contributed by atoms with E-state index in [2.05, 4.69) is 17.6 Å². The number of rotatable bonds is 10. The predicted molar refractivity (Wildman–Crippen MR) is 127 cm³/mol. The van der Waals surface area contributed by atoms with Crippen LogP contribution in [0, 0.1) is 0 Å². The highest BCUT2D eigenvalue weighted by atomic mass is 35.5. The SMILES string of the molecule is CCCCNc1cc(CNc2cccc(Cl)c2)cc(S(N)(=O)=O)c1Oc1ccccc1. The fourth-order valence-electron chi connectivity index (χ4n) is 3.02. The summed E-state index contributed by atoms with van der Waals surface area (Å²) in [5.74, 6) is 0.715. The number of nitrogens with two attached hydrogens (primary N) is 1. The molecule has 0 spiro atoms. The van der Waals surface area contributed by atoms with Crippen molar-refractivity contribution in [2.75, 3.05) is 17.2 Å². The number of benzene rings is 3. The van der Waals surface area contributed by atoms with Gasteiger partial charge in [-0.2, -0.15) is 0 Å². The minimum atomic E-state index is -4.03. The van der Waals surface area contributed by atoms with Crippen molar-refractivity contribution < 1.29 is 13.2 Å². The summed E-state index contributed by atoms with van der Waals surface area (Å²) >= 11 is 6.04. The molecule has 0 radical (unpaired) electrons. The molecule has 0 heterocycles. The van der Waals surface area contributed by atoms with Gasteiger partial charge in [0, 0.05) is 23.8 Å². The van der Waals surface area contributed by atoms with Crippen LogP contribution in [-0.2, 0) is 16.6 Å². The molecule has 3 aromatic carbocycles.